The summed E-state index contributed by atoms with van der Waals surface area (Å²) in [6.45, 7) is 2.95. The van der Waals surface area contributed by atoms with Crippen molar-refractivity contribution in [3.8, 4) is 0 Å². The minimum atomic E-state index is -0.229. The summed E-state index contributed by atoms with van der Waals surface area (Å²) in [6, 6.07) is 1.94. The topological polar surface area (TPSA) is 60.2 Å². The predicted molar refractivity (Wildman–Crippen MR) is 87.5 cm³/mol. The Morgan fingerprint density at radius 3 is 2.62 bits per heavy atom. The number of methoxy groups -OCH3 is 1. The lowest BCUT2D eigenvalue weighted by Crippen LogP contribution is -2.45. The molecule has 0 radical (unpaired) electrons. The highest BCUT2D eigenvalue weighted by Gasteiger charge is 2.40. The van der Waals surface area contributed by atoms with E-state index in [9.17, 15) is 0 Å². The number of halogens is 1. The molecule has 5 heteroatoms. The number of nitrogens with one attached hydrogen (secondary N) is 1. The molecule has 1 atom stereocenters. The number of nitrogen functional groups attached to an aromatic ring is 1. The lowest BCUT2D eigenvalue weighted by Gasteiger charge is -2.40. The molecule has 1 aliphatic carbocycles. The molecule has 0 aromatic carbocycles. The van der Waals surface area contributed by atoms with Crippen LogP contribution in [0, 0.1) is 0 Å². The highest BCUT2D eigenvalue weighted by molar-refractivity contribution is 6.30. The fraction of sp³-hybridized carbons (Fsp3) is 0.688. The van der Waals surface area contributed by atoms with Gasteiger partial charge in [0.2, 0.25) is 0 Å². The first-order valence-electron chi connectivity index (χ1n) is 7.82. The largest absolute Gasteiger partial charge is 0.383 e. The van der Waals surface area contributed by atoms with Crippen molar-refractivity contribution in [2.75, 3.05) is 19.4 Å². The van der Waals surface area contributed by atoms with Crippen molar-refractivity contribution in [2.24, 2.45) is 0 Å². The van der Waals surface area contributed by atoms with Crippen LogP contribution in [0.15, 0.2) is 12.3 Å². The fourth-order valence-electron chi connectivity index (χ4n) is 3.42. The molecule has 1 fully saturated rings. The van der Waals surface area contributed by atoms with Crippen LogP contribution in [-0.2, 0) is 4.74 Å². The van der Waals surface area contributed by atoms with Crippen molar-refractivity contribution in [2.45, 2.75) is 57.1 Å². The molecule has 1 heterocycles. The SMILES string of the molecule is CCNC(c1cc(Cl)cnc1N)C1(OC)CCCCCC1. The zero-order valence-corrected chi connectivity index (χ0v) is 13.7. The molecule has 0 spiro atoms. The monoisotopic (exact) mass is 311 g/mol. The van der Waals surface area contributed by atoms with Crippen LogP contribution in [0.1, 0.15) is 57.1 Å². The van der Waals surface area contributed by atoms with Gasteiger partial charge in [-0.25, -0.2) is 4.98 Å². The number of ether oxygens (including phenoxy) is 1. The third-order valence-corrected chi connectivity index (χ3v) is 4.72. The van der Waals surface area contributed by atoms with E-state index in [-0.39, 0.29) is 11.6 Å². The lowest BCUT2D eigenvalue weighted by atomic mass is 9.82. The summed E-state index contributed by atoms with van der Waals surface area (Å²) in [5.41, 5.74) is 6.84. The van der Waals surface area contributed by atoms with Gasteiger partial charge in [-0.05, 0) is 25.5 Å². The first kappa shape index (κ1) is 16.5. The third-order valence-electron chi connectivity index (χ3n) is 4.52. The van der Waals surface area contributed by atoms with E-state index in [1.54, 1.807) is 6.20 Å². The van der Waals surface area contributed by atoms with Crippen molar-refractivity contribution >= 4 is 17.4 Å². The summed E-state index contributed by atoms with van der Waals surface area (Å²) >= 11 is 6.13. The van der Waals surface area contributed by atoms with Crippen molar-refractivity contribution in [1.29, 1.82) is 0 Å². The number of likely N-dealkylation sites (N-methyl/N-ethyl adjacent to an activating group) is 1. The van der Waals surface area contributed by atoms with Crippen LogP contribution in [0.25, 0.3) is 0 Å². The first-order valence-corrected chi connectivity index (χ1v) is 8.20. The number of rotatable bonds is 5. The molecule has 0 saturated heterocycles. The number of anilines is 1. The van der Waals surface area contributed by atoms with Gasteiger partial charge in [-0.3, -0.25) is 0 Å². The molecule has 0 amide bonds. The number of pyridine rings is 1. The second-order valence-electron chi connectivity index (χ2n) is 5.80. The molecule has 118 valence electrons. The van der Waals surface area contributed by atoms with Crippen LogP contribution in [0.5, 0.6) is 0 Å². The number of aromatic nitrogens is 1. The number of nitrogens with two attached hydrogens (primary N) is 1. The van der Waals surface area contributed by atoms with E-state index in [0.29, 0.717) is 10.8 Å². The minimum Gasteiger partial charge on any atom is -0.383 e. The number of nitrogens with zero attached hydrogens (tertiary/aromatic N) is 1. The molecule has 1 saturated carbocycles. The molecule has 4 nitrogen and oxygen atoms in total. The van der Waals surface area contributed by atoms with Gasteiger partial charge in [-0.2, -0.15) is 0 Å². The van der Waals surface area contributed by atoms with Gasteiger partial charge in [0.25, 0.3) is 0 Å². The van der Waals surface area contributed by atoms with Crippen LogP contribution < -0.4 is 11.1 Å². The second kappa shape index (κ2) is 7.43. The maximum Gasteiger partial charge on any atom is 0.128 e. The van der Waals surface area contributed by atoms with Crippen LogP contribution in [0.4, 0.5) is 5.82 Å². The second-order valence-corrected chi connectivity index (χ2v) is 6.24. The third kappa shape index (κ3) is 3.68. The fourth-order valence-corrected chi connectivity index (χ4v) is 3.58. The summed E-state index contributed by atoms with van der Waals surface area (Å²) in [5.74, 6) is 0.533. The molecule has 2 rings (SSSR count). The van der Waals surface area contributed by atoms with Gasteiger partial charge < -0.3 is 15.8 Å². The Kier molecular flexibility index (Phi) is 5.85. The summed E-state index contributed by atoms with van der Waals surface area (Å²) in [4.78, 5) is 4.22. The standard InChI is InChI=1S/C16H26ClN3O/c1-3-19-14(13-10-12(17)11-20-15(13)18)16(21-2)8-6-4-5-7-9-16/h10-11,14,19H,3-9H2,1-2H3,(H2,18,20). The van der Waals surface area contributed by atoms with Crippen molar-refractivity contribution < 1.29 is 4.74 Å². The quantitative estimate of drug-likeness (QED) is 0.814. The molecule has 1 aromatic heterocycles. The van der Waals surface area contributed by atoms with Crippen LogP contribution >= 0.6 is 11.6 Å². The maximum atomic E-state index is 6.13. The van der Waals surface area contributed by atoms with Crippen molar-refractivity contribution in [1.82, 2.24) is 10.3 Å². The average Bonchev–Trinajstić information content (AvgIpc) is 2.74. The number of hydrogen-bond acceptors (Lipinski definition) is 4. The highest BCUT2D eigenvalue weighted by atomic mass is 35.5. The molecule has 21 heavy (non-hydrogen) atoms. The highest BCUT2D eigenvalue weighted by Crippen LogP contribution is 2.41. The molecule has 0 aliphatic heterocycles. The van der Waals surface area contributed by atoms with E-state index in [4.69, 9.17) is 22.1 Å². The maximum absolute atomic E-state index is 6.13. The van der Waals surface area contributed by atoms with E-state index >= 15 is 0 Å². The van der Waals surface area contributed by atoms with Crippen molar-refractivity contribution in [3.63, 3.8) is 0 Å². The van der Waals surface area contributed by atoms with Crippen LogP contribution in [-0.4, -0.2) is 24.2 Å². The smallest absolute Gasteiger partial charge is 0.128 e. The molecular formula is C16H26ClN3O. The van der Waals surface area contributed by atoms with Crippen LogP contribution in [0.2, 0.25) is 5.02 Å². The van der Waals surface area contributed by atoms with E-state index in [1.165, 1.54) is 25.7 Å². The molecule has 1 aliphatic rings. The van der Waals surface area contributed by atoms with E-state index in [0.717, 1.165) is 24.9 Å². The number of hydrogen-bond donors (Lipinski definition) is 2. The van der Waals surface area contributed by atoms with Gasteiger partial charge >= 0.3 is 0 Å². The Morgan fingerprint density at radius 2 is 2.05 bits per heavy atom. The Morgan fingerprint density at radius 1 is 1.38 bits per heavy atom. The Labute approximate surface area is 132 Å². The Hall–Kier alpha value is -0.840. The summed E-state index contributed by atoms with van der Waals surface area (Å²) in [7, 11) is 1.81. The predicted octanol–water partition coefficient (Wildman–Crippen LogP) is 3.71. The van der Waals surface area contributed by atoms with Gasteiger partial charge in [-0.15, -0.1) is 0 Å². The zero-order valence-electron chi connectivity index (χ0n) is 13.0. The summed E-state index contributed by atoms with van der Waals surface area (Å²) in [6.07, 6.45) is 8.57. The molecular weight excluding hydrogens is 286 g/mol. The Balaban J connectivity index is 2.41. The summed E-state index contributed by atoms with van der Waals surface area (Å²) < 4.78 is 6.03. The van der Waals surface area contributed by atoms with Gasteiger partial charge in [0, 0.05) is 18.9 Å². The molecule has 1 aromatic rings. The normalized spacial score (nSPS) is 20.0. The molecule has 0 bridgehead atoms. The van der Waals surface area contributed by atoms with Gasteiger partial charge in [-0.1, -0.05) is 44.2 Å². The zero-order chi connectivity index (χ0) is 15.3. The molecule has 3 N–H and O–H groups in total. The average molecular weight is 312 g/mol. The first-order chi connectivity index (χ1) is 10.1. The van der Waals surface area contributed by atoms with E-state index < -0.39 is 0 Å². The summed E-state index contributed by atoms with van der Waals surface area (Å²) in [5, 5.41) is 4.17. The minimum absolute atomic E-state index is 0.0248. The van der Waals surface area contributed by atoms with E-state index in [2.05, 4.69) is 17.2 Å². The van der Waals surface area contributed by atoms with E-state index in [1.807, 2.05) is 13.2 Å². The van der Waals surface area contributed by atoms with Gasteiger partial charge in [0.05, 0.1) is 16.7 Å². The van der Waals surface area contributed by atoms with Gasteiger partial charge in [0.15, 0.2) is 0 Å². The van der Waals surface area contributed by atoms with Gasteiger partial charge in [0.1, 0.15) is 5.82 Å². The Bertz CT molecular complexity index is 459. The molecule has 1 unspecified atom stereocenters. The van der Waals surface area contributed by atoms with Crippen molar-refractivity contribution in [3.05, 3.63) is 22.8 Å². The van der Waals surface area contributed by atoms with Crippen LogP contribution in [0.3, 0.4) is 0 Å². The lowest BCUT2D eigenvalue weighted by molar-refractivity contribution is -0.0535.